The Kier molecular flexibility index (Phi) is 4.59. The van der Waals surface area contributed by atoms with Crippen LogP contribution in [0, 0.1) is 17.1 Å². The summed E-state index contributed by atoms with van der Waals surface area (Å²) < 4.78 is 39.7. The van der Waals surface area contributed by atoms with Gasteiger partial charge in [-0.3, -0.25) is 0 Å². The molecule has 0 saturated heterocycles. The lowest BCUT2D eigenvalue weighted by Gasteiger charge is -2.13. The predicted octanol–water partition coefficient (Wildman–Crippen LogP) is 1.94. The lowest BCUT2D eigenvalue weighted by Crippen LogP contribution is -2.32. The zero-order chi connectivity index (χ0) is 13.8. The van der Waals surface area contributed by atoms with E-state index < -0.39 is 21.4 Å². The van der Waals surface area contributed by atoms with Crippen molar-refractivity contribution in [2.45, 2.75) is 24.3 Å². The third kappa shape index (κ3) is 3.15. The molecule has 0 aliphatic carbocycles. The zero-order valence-electron chi connectivity index (χ0n) is 9.85. The van der Waals surface area contributed by atoms with Gasteiger partial charge in [0.15, 0.2) is 0 Å². The minimum absolute atomic E-state index is 0.346. The molecule has 1 aromatic carbocycles. The Morgan fingerprint density at radius 1 is 1.61 bits per heavy atom. The largest absolute Gasteiger partial charge is 0.242 e. The topological polar surface area (TPSA) is 70.0 Å². The molecular weight excluding hydrogens is 255 g/mol. The van der Waals surface area contributed by atoms with Gasteiger partial charge in [0.25, 0.3) is 0 Å². The normalized spacial score (nSPS) is 12.7. The van der Waals surface area contributed by atoms with Crippen LogP contribution in [0.5, 0.6) is 0 Å². The Morgan fingerprint density at radius 2 is 2.28 bits per heavy atom. The molecule has 0 aliphatic rings. The first-order valence-electron chi connectivity index (χ1n) is 5.24. The second-order valence-corrected chi connectivity index (χ2v) is 5.45. The summed E-state index contributed by atoms with van der Waals surface area (Å²) in [4.78, 5) is -0.346. The summed E-state index contributed by atoms with van der Waals surface area (Å²) in [5.41, 5.74) is -0.476. The molecule has 1 unspecified atom stereocenters. The van der Waals surface area contributed by atoms with Gasteiger partial charge in [-0.05, 0) is 25.5 Å². The van der Waals surface area contributed by atoms with Crippen LogP contribution in [0.4, 0.5) is 4.39 Å². The molecule has 0 aromatic heterocycles. The van der Waals surface area contributed by atoms with Crippen LogP contribution in [0.2, 0.25) is 0 Å². The second-order valence-electron chi connectivity index (χ2n) is 3.77. The number of hydrogen-bond acceptors (Lipinski definition) is 3. The number of nitrogens with zero attached hydrogens (tertiary/aromatic N) is 1. The van der Waals surface area contributed by atoms with E-state index in [-0.39, 0.29) is 10.9 Å². The number of sulfonamides is 1. The van der Waals surface area contributed by atoms with Gasteiger partial charge < -0.3 is 0 Å². The molecule has 0 saturated carbocycles. The molecule has 18 heavy (non-hydrogen) atoms. The van der Waals surface area contributed by atoms with E-state index in [2.05, 4.69) is 11.3 Å². The molecule has 96 valence electrons. The first-order chi connectivity index (χ1) is 8.42. The van der Waals surface area contributed by atoms with Crippen molar-refractivity contribution in [3.63, 3.8) is 0 Å². The van der Waals surface area contributed by atoms with Crippen LogP contribution < -0.4 is 4.72 Å². The van der Waals surface area contributed by atoms with E-state index in [0.717, 1.165) is 6.07 Å². The summed E-state index contributed by atoms with van der Waals surface area (Å²) >= 11 is 0. The van der Waals surface area contributed by atoms with Crippen LogP contribution in [0.1, 0.15) is 18.9 Å². The third-order valence-electron chi connectivity index (χ3n) is 2.25. The number of benzene rings is 1. The van der Waals surface area contributed by atoms with Gasteiger partial charge in [-0.15, -0.1) is 6.58 Å². The van der Waals surface area contributed by atoms with E-state index in [1.165, 1.54) is 12.1 Å². The number of hydrogen-bond donors (Lipinski definition) is 1. The standard InChI is InChI=1S/C12H13FN2O2S/c1-3-5-9(2)15-18(16,17)12-7-4-6-11(13)10(12)8-14/h3-4,6-7,9,15H,1,5H2,2H3. The van der Waals surface area contributed by atoms with Gasteiger partial charge in [0.1, 0.15) is 22.3 Å². The van der Waals surface area contributed by atoms with Crippen molar-refractivity contribution < 1.29 is 12.8 Å². The summed E-state index contributed by atoms with van der Waals surface area (Å²) in [6.07, 6.45) is 2.01. The van der Waals surface area contributed by atoms with Crippen molar-refractivity contribution in [2.75, 3.05) is 0 Å². The molecule has 1 N–H and O–H groups in total. The van der Waals surface area contributed by atoms with Crippen LogP contribution >= 0.6 is 0 Å². The molecule has 6 heteroatoms. The highest BCUT2D eigenvalue weighted by molar-refractivity contribution is 7.89. The number of rotatable bonds is 5. The minimum Gasteiger partial charge on any atom is -0.208 e. The number of nitriles is 1. The number of halogens is 1. The number of nitrogens with one attached hydrogen (secondary N) is 1. The van der Waals surface area contributed by atoms with Gasteiger partial charge in [0, 0.05) is 6.04 Å². The fourth-order valence-corrected chi connectivity index (χ4v) is 2.89. The minimum atomic E-state index is -3.91. The van der Waals surface area contributed by atoms with Gasteiger partial charge >= 0.3 is 0 Å². The Morgan fingerprint density at radius 3 is 2.83 bits per heavy atom. The molecule has 0 heterocycles. The van der Waals surface area contributed by atoms with Gasteiger partial charge in [-0.2, -0.15) is 5.26 Å². The van der Waals surface area contributed by atoms with Gasteiger partial charge in [-0.1, -0.05) is 12.1 Å². The summed E-state index contributed by atoms with van der Waals surface area (Å²) in [5.74, 6) is -0.850. The van der Waals surface area contributed by atoms with Crippen LogP contribution in [0.15, 0.2) is 35.7 Å². The van der Waals surface area contributed by atoms with Crippen molar-refractivity contribution in [2.24, 2.45) is 0 Å². The van der Waals surface area contributed by atoms with Gasteiger partial charge in [0.2, 0.25) is 10.0 Å². The molecule has 0 bridgehead atoms. The second kappa shape index (κ2) is 5.76. The Balaban J connectivity index is 3.18. The fraction of sp³-hybridized carbons (Fsp3) is 0.250. The van der Waals surface area contributed by atoms with Crippen LogP contribution in [-0.2, 0) is 10.0 Å². The quantitative estimate of drug-likeness (QED) is 0.830. The lowest BCUT2D eigenvalue weighted by molar-refractivity contribution is 0.558. The van der Waals surface area contributed by atoms with Crippen molar-refractivity contribution in [1.29, 1.82) is 5.26 Å². The van der Waals surface area contributed by atoms with E-state index in [4.69, 9.17) is 5.26 Å². The van der Waals surface area contributed by atoms with Crippen molar-refractivity contribution >= 4 is 10.0 Å². The van der Waals surface area contributed by atoms with Crippen LogP contribution in [-0.4, -0.2) is 14.5 Å². The van der Waals surface area contributed by atoms with Crippen LogP contribution in [0.25, 0.3) is 0 Å². The van der Waals surface area contributed by atoms with E-state index in [0.29, 0.717) is 6.42 Å². The first-order valence-corrected chi connectivity index (χ1v) is 6.72. The molecule has 0 spiro atoms. The highest BCUT2D eigenvalue weighted by atomic mass is 32.2. The SMILES string of the molecule is C=CCC(C)NS(=O)(=O)c1cccc(F)c1C#N. The average Bonchev–Trinajstić information content (AvgIpc) is 2.28. The summed E-state index contributed by atoms with van der Waals surface area (Å²) in [5, 5.41) is 8.80. The maximum Gasteiger partial charge on any atom is 0.242 e. The molecule has 1 rings (SSSR count). The fourth-order valence-electron chi connectivity index (χ4n) is 1.46. The molecule has 0 amide bonds. The van der Waals surface area contributed by atoms with Gasteiger partial charge in [0.05, 0.1) is 0 Å². The van der Waals surface area contributed by atoms with Gasteiger partial charge in [-0.25, -0.2) is 17.5 Å². The maximum absolute atomic E-state index is 13.3. The maximum atomic E-state index is 13.3. The average molecular weight is 268 g/mol. The lowest BCUT2D eigenvalue weighted by atomic mass is 10.2. The van der Waals surface area contributed by atoms with E-state index in [1.54, 1.807) is 19.1 Å². The smallest absolute Gasteiger partial charge is 0.208 e. The first kappa shape index (κ1) is 14.4. The molecule has 1 aromatic rings. The summed E-state index contributed by atoms with van der Waals surface area (Å²) in [7, 11) is -3.91. The third-order valence-corrected chi connectivity index (χ3v) is 3.89. The zero-order valence-corrected chi connectivity index (χ0v) is 10.7. The van der Waals surface area contributed by atoms with E-state index in [1.807, 2.05) is 0 Å². The Labute approximate surface area is 106 Å². The summed E-state index contributed by atoms with van der Waals surface area (Å²) in [6.45, 7) is 5.16. The predicted molar refractivity (Wildman–Crippen MR) is 65.7 cm³/mol. The molecular formula is C12H13FN2O2S. The van der Waals surface area contributed by atoms with E-state index in [9.17, 15) is 12.8 Å². The van der Waals surface area contributed by atoms with Crippen molar-refractivity contribution in [3.8, 4) is 6.07 Å². The highest BCUT2D eigenvalue weighted by Gasteiger charge is 2.22. The monoisotopic (exact) mass is 268 g/mol. The molecule has 0 radical (unpaired) electrons. The highest BCUT2D eigenvalue weighted by Crippen LogP contribution is 2.18. The van der Waals surface area contributed by atoms with E-state index >= 15 is 0 Å². The molecule has 0 fully saturated rings. The van der Waals surface area contributed by atoms with Crippen LogP contribution in [0.3, 0.4) is 0 Å². The molecule has 4 nitrogen and oxygen atoms in total. The van der Waals surface area contributed by atoms with Crippen molar-refractivity contribution in [1.82, 2.24) is 4.72 Å². The Bertz CT molecular complexity index is 591. The summed E-state index contributed by atoms with van der Waals surface area (Å²) in [6, 6.07) is 4.69. The molecule has 1 atom stereocenters. The Hall–Kier alpha value is -1.71. The van der Waals surface area contributed by atoms with Crippen molar-refractivity contribution in [3.05, 3.63) is 42.2 Å². The molecule has 0 aliphatic heterocycles.